The Labute approximate surface area is 205 Å². The number of amides is 2. The van der Waals surface area contributed by atoms with Crippen molar-refractivity contribution in [3.05, 3.63) is 58.6 Å². The minimum atomic E-state index is -4.59. The molecule has 2 aromatic rings. The van der Waals surface area contributed by atoms with Gasteiger partial charge < -0.3 is 15.4 Å². The zero-order valence-electron chi connectivity index (χ0n) is 17.2. The summed E-state index contributed by atoms with van der Waals surface area (Å²) in [4.78, 5) is 38.0. The third-order valence-electron chi connectivity index (χ3n) is 6.76. The number of halogens is 5. The number of nitrogens with one attached hydrogen (secondary N) is 2. The van der Waals surface area contributed by atoms with E-state index in [9.17, 15) is 27.6 Å². The van der Waals surface area contributed by atoms with Crippen molar-refractivity contribution in [3.8, 4) is 0 Å². The van der Waals surface area contributed by atoms with E-state index in [1.165, 1.54) is 18.2 Å². The molecule has 11 heteroatoms. The van der Waals surface area contributed by atoms with E-state index < -0.39 is 29.5 Å². The minimum absolute atomic E-state index is 0.0203. The quantitative estimate of drug-likeness (QED) is 0.404. The van der Waals surface area contributed by atoms with Crippen LogP contribution in [0.3, 0.4) is 0 Å². The standard InChI is InChI=1S/C23H17BrClF3N2O4/c24-18-12-8-13-17(22(33)34-19(13)18)16(12)21(32)29-11-3-1-2-9(6-11)20(31)30-15-7-10(23(26,27)28)4-5-14(15)25/h1-7,12-13,16-19H,8H2,(H,29,32)(H,30,31)/t12-,13-,16-,17+,18+,19+/m1/s1. The topological polar surface area (TPSA) is 84.5 Å². The van der Waals surface area contributed by atoms with E-state index >= 15 is 0 Å². The molecule has 2 bridgehead atoms. The highest BCUT2D eigenvalue weighted by molar-refractivity contribution is 9.09. The van der Waals surface area contributed by atoms with Crippen LogP contribution < -0.4 is 10.6 Å². The summed E-state index contributed by atoms with van der Waals surface area (Å²) in [5.41, 5.74) is -0.699. The maximum Gasteiger partial charge on any atom is 0.416 e. The maximum atomic E-state index is 13.1. The lowest BCUT2D eigenvalue weighted by atomic mass is 9.79. The zero-order chi connectivity index (χ0) is 24.4. The molecule has 1 saturated heterocycles. The Morgan fingerprint density at radius 3 is 2.59 bits per heavy atom. The van der Waals surface area contributed by atoms with Crippen LogP contribution in [0, 0.1) is 23.7 Å². The second-order valence-electron chi connectivity index (χ2n) is 8.68. The molecule has 178 valence electrons. The number of ether oxygens (including phenoxy) is 1. The van der Waals surface area contributed by atoms with Crippen molar-refractivity contribution in [1.29, 1.82) is 0 Å². The monoisotopic (exact) mass is 556 g/mol. The number of alkyl halides is 4. The zero-order valence-corrected chi connectivity index (χ0v) is 19.6. The molecular weight excluding hydrogens is 541 g/mol. The molecule has 1 heterocycles. The van der Waals surface area contributed by atoms with E-state index in [0.29, 0.717) is 5.69 Å². The summed E-state index contributed by atoms with van der Waals surface area (Å²) in [7, 11) is 0. The average molecular weight is 558 g/mol. The number of rotatable bonds is 4. The first-order chi connectivity index (χ1) is 16.0. The van der Waals surface area contributed by atoms with Crippen molar-refractivity contribution in [2.75, 3.05) is 10.6 Å². The summed E-state index contributed by atoms with van der Waals surface area (Å²) in [5, 5.41) is 5.10. The van der Waals surface area contributed by atoms with E-state index in [2.05, 4.69) is 26.6 Å². The van der Waals surface area contributed by atoms with E-state index in [0.717, 1.165) is 24.6 Å². The van der Waals surface area contributed by atoms with Crippen LogP contribution in [-0.2, 0) is 20.5 Å². The van der Waals surface area contributed by atoms with E-state index in [1.807, 2.05) is 0 Å². The second kappa shape index (κ2) is 8.27. The number of hydrogen-bond acceptors (Lipinski definition) is 4. The number of fused-ring (bicyclic) bond motifs is 1. The maximum absolute atomic E-state index is 13.1. The minimum Gasteiger partial charge on any atom is -0.461 e. The van der Waals surface area contributed by atoms with Crippen LogP contribution in [0.4, 0.5) is 24.5 Å². The van der Waals surface area contributed by atoms with Gasteiger partial charge >= 0.3 is 12.1 Å². The van der Waals surface area contributed by atoms with Crippen molar-refractivity contribution in [2.24, 2.45) is 23.7 Å². The van der Waals surface area contributed by atoms with Gasteiger partial charge in [-0.2, -0.15) is 13.2 Å². The molecule has 2 amide bonds. The normalized spacial score (nSPS) is 29.1. The lowest BCUT2D eigenvalue weighted by Crippen LogP contribution is -2.40. The molecule has 6 atom stereocenters. The Morgan fingerprint density at radius 2 is 1.85 bits per heavy atom. The predicted molar refractivity (Wildman–Crippen MR) is 121 cm³/mol. The lowest BCUT2D eigenvalue weighted by Gasteiger charge is -2.27. The number of benzene rings is 2. The van der Waals surface area contributed by atoms with Crippen molar-refractivity contribution >= 4 is 56.7 Å². The third kappa shape index (κ3) is 3.86. The van der Waals surface area contributed by atoms with Gasteiger partial charge in [-0.1, -0.05) is 33.6 Å². The van der Waals surface area contributed by atoms with Gasteiger partial charge in [0.25, 0.3) is 5.91 Å². The smallest absolute Gasteiger partial charge is 0.416 e. The fourth-order valence-electron chi connectivity index (χ4n) is 5.29. The molecule has 6 nitrogen and oxygen atoms in total. The lowest BCUT2D eigenvalue weighted by molar-refractivity contribution is -0.145. The fraction of sp³-hybridized carbons (Fsp3) is 0.348. The Morgan fingerprint density at radius 1 is 1.09 bits per heavy atom. The molecule has 2 saturated carbocycles. The molecule has 2 aliphatic carbocycles. The summed E-state index contributed by atoms with van der Waals surface area (Å²) in [6.07, 6.45) is -4.05. The van der Waals surface area contributed by atoms with Crippen molar-refractivity contribution in [1.82, 2.24) is 0 Å². The van der Waals surface area contributed by atoms with Crippen LogP contribution in [0.1, 0.15) is 22.3 Å². The van der Waals surface area contributed by atoms with Crippen LogP contribution in [0.2, 0.25) is 5.02 Å². The summed E-state index contributed by atoms with van der Waals surface area (Å²) in [6, 6.07) is 8.62. The summed E-state index contributed by atoms with van der Waals surface area (Å²) >= 11 is 9.52. The first-order valence-electron chi connectivity index (χ1n) is 10.5. The Balaban J connectivity index is 1.31. The first kappa shape index (κ1) is 23.2. The molecule has 0 radical (unpaired) electrons. The highest BCUT2D eigenvalue weighted by atomic mass is 79.9. The van der Waals surface area contributed by atoms with Crippen LogP contribution in [0.5, 0.6) is 0 Å². The number of carbonyl (C=O) groups is 3. The average Bonchev–Trinajstić information content (AvgIpc) is 3.39. The van der Waals surface area contributed by atoms with Crippen molar-refractivity contribution in [2.45, 2.75) is 23.5 Å². The molecule has 34 heavy (non-hydrogen) atoms. The molecule has 0 spiro atoms. The highest BCUT2D eigenvalue weighted by Crippen LogP contribution is 2.60. The van der Waals surface area contributed by atoms with Crippen molar-refractivity contribution < 1.29 is 32.3 Å². The highest BCUT2D eigenvalue weighted by Gasteiger charge is 2.67. The van der Waals surface area contributed by atoms with Gasteiger partial charge in [-0.05, 0) is 48.7 Å². The van der Waals surface area contributed by atoms with Gasteiger partial charge in [-0.25, -0.2) is 0 Å². The van der Waals surface area contributed by atoms with Gasteiger partial charge in [-0.3, -0.25) is 14.4 Å². The van der Waals surface area contributed by atoms with E-state index in [4.69, 9.17) is 16.3 Å². The van der Waals surface area contributed by atoms with Gasteiger partial charge in [0, 0.05) is 17.2 Å². The molecule has 2 aromatic carbocycles. The molecule has 0 unspecified atom stereocenters. The third-order valence-corrected chi connectivity index (χ3v) is 8.29. The Kier molecular flexibility index (Phi) is 5.63. The first-order valence-corrected chi connectivity index (χ1v) is 11.8. The molecule has 2 N–H and O–H groups in total. The van der Waals surface area contributed by atoms with Gasteiger partial charge in [0.15, 0.2) is 0 Å². The molecule has 3 fully saturated rings. The van der Waals surface area contributed by atoms with Crippen LogP contribution in [0.15, 0.2) is 42.5 Å². The molecule has 3 aliphatic rings. The van der Waals surface area contributed by atoms with Crippen LogP contribution >= 0.6 is 27.5 Å². The largest absolute Gasteiger partial charge is 0.461 e. The number of carbonyl (C=O) groups excluding carboxylic acids is 3. The number of hydrogen-bond donors (Lipinski definition) is 2. The van der Waals surface area contributed by atoms with Gasteiger partial charge in [-0.15, -0.1) is 0 Å². The molecule has 5 rings (SSSR count). The Bertz CT molecular complexity index is 1210. The van der Waals surface area contributed by atoms with E-state index in [1.54, 1.807) is 6.07 Å². The fourth-order valence-corrected chi connectivity index (χ4v) is 6.50. The Hall–Kier alpha value is -2.59. The van der Waals surface area contributed by atoms with Gasteiger partial charge in [0.2, 0.25) is 5.91 Å². The molecular formula is C23H17BrClF3N2O4. The second-order valence-corrected chi connectivity index (χ2v) is 10.1. The van der Waals surface area contributed by atoms with Crippen LogP contribution in [-0.4, -0.2) is 28.7 Å². The molecule has 0 aromatic heterocycles. The summed E-state index contributed by atoms with van der Waals surface area (Å²) < 4.78 is 44.4. The summed E-state index contributed by atoms with van der Waals surface area (Å²) in [5.74, 6) is -2.41. The van der Waals surface area contributed by atoms with Gasteiger partial charge in [0.1, 0.15) is 6.10 Å². The van der Waals surface area contributed by atoms with Gasteiger partial charge in [0.05, 0.1) is 32.9 Å². The SMILES string of the molecule is O=C(Nc1cc(C(F)(F)F)ccc1Cl)c1cccc(NC(=O)[C@@H]2[C@H]3C[C@H]4[C@H](OC(=O)[C@@H]42)[C@H]3Br)c1. The molecule has 1 aliphatic heterocycles. The predicted octanol–water partition coefficient (Wildman–Crippen LogP) is 5.12. The van der Waals surface area contributed by atoms with Crippen LogP contribution in [0.25, 0.3) is 0 Å². The summed E-state index contributed by atoms with van der Waals surface area (Å²) in [6.45, 7) is 0. The van der Waals surface area contributed by atoms with Crippen molar-refractivity contribution in [3.63, 3.8) is 0 Å². The number of esters is 1. The van der Waals surface area contributed by atoms with E-state index in [-0.39, 0.29) is 50.9 Å². The number of anilines is 2.